The molecule has 0 atom stereocenters. The summed E-state index contributed by atoms with van der Waals surface area (Å²) in [5.74, 6) is 0.414. The zero-order valence-electron chi connectivity index (χ0n) is 17.6. The van der Waals surface area contributed by atoms with Gasteiger partial charge in [0.1, 0.15) is 11.5 Å². The van der Waals surface area contributed by atoms with Crippen molar-refractivity contribution in [1.29, 1.82) is 0 Å². The largest absolute Gasteiger partial charge is 0.507 e. The van der Waals surface area contributed by atoms with E-state index >= 15 is 0 Å². The zero-order chi connectivity index (χ0) is 22.1. The van der Waals surface area contributed by atoms with Gasteiger partial charge in [0.15, 0.2) is 0 Å². The number of rotatable bonds is 6. The summed E-state index contributed by atoms with van der Waals surface area (Å²) in [6.07, 6.45) is 1.72. The van der Waals surface area contributed by atoms with E-state index in [1.54, 1.807) is 0 Å². The Balaban J connectivity index is 2.62. The average molecular weight is 732 g/mol. The molecule has 0 fully saturated rings. The third-order valence-electron chi connectivity index (χ3n) is 5.77. The third-order valence-corrected chi connectivity index (χ3v) is 9.72. The van der Waals surface area contributed by atoms with E-state index in [-0.39, 0.29) is 16.8 Å². The van der Waals surface area contributed by atoms with Crippen LogP contribution in [-0.2, 0) is 10.8 Å². The van der Waals surface area contributed by atoms with Gasteiger partial charge in [0.05, 0.1) is 5.56 Å². The minimum atomic E-state index is -0.372. The molecule has 0 aromatic heterocycles. The van der Waals surface area contributed by atoms with Gasteiger partial charge in [0.25, 0.3) is 0 Å². The number of halogens is 3. The molecule has 6 heteroatoms. The average Bonchev–Trinajstić information content (AvgIpc) is 2.66. The van der Waals surface area contributed by atoms with Crippen LogP contribution in [0.5, 0.6) is 11.5 Å². The summed E-state index contributed by atoms with van der Waals surface area (Å²) in [4.78, 5) is 13.1. The van der Waals surface area contributed by atoms with Crippen LogP contribution >= 0.6 is 67.8 Å². The molecule has 0 saturated heterocycles. The minimum absolute atomic E-state index is 0.240. The first-order valence-corrected chi connectivity index (χ1v) is 12.8. The van der Waals surface area contributed by atoms with Crippen LogP contribution in [0.15, 0.2) is 24.3 Å². The van der Waals surface area contributed by atoms with Crippen LogP contribution in [0.1, 0.15) is 75.9 Å². The number of phenols is 1. The minimum Gasteiger partial charge on any atom is -0.507 e. The monoisotopic (exact) mass is 732 g/mol. The molecule has 0 saturated carbocycles. The smallest absolute Gasteiger partial charge is 0.345 e. The van der Waals surface area contributed by atoms with Crippen molar-refractivity contribution in [3.8, 4) is 11.5 Å². The van der Waals surface area contributed by atoms with Crippen LogP contribution in [0, 0.1) is 10.7 Å². The zero-order valence-corrected chi connectivity index (χ0v) is 24.1. The highest BCUT2D eigenvalue weighted by molar-refractivity contribution is 14.1. The van der Waals surface area contributed by atoms with E-state index in [9.17, 15) is 9.90 Å². The second-order valence-corrected chi connectivity index (χ2v) is 11.9. The SMILES string of the molecule is CCC(C)(C)c1cc(OC(=O)c2c(I)ccc(I)c2I)cc(C(C)(C)CC)c1O. The van der Waals surface area contributed by atoms with Crippen molar-refractivity contribution < 1.29 is 14.6 Å². The number of ether oxygens (including phenoxy) is 1. The van der Waals surface area contributed by atoms with Crippen molar-refractivity contribution in [2.75, 3.05) is 0 Å². The first-order valence-electron chi connectivity index (χ1n) is 9.59. The Morgan fingerprint density at radius 2 is 1.38 bits per heavy atom. The Labute approximate surface area is 214 Å². The number of hydrogen-bond acceptors (Lipinski definition) is 3. The van der Waals surface area contributed by atoms with Crippen LogP contribution in [0.25, 0.3) is 0 Å². The van der Waals surface area contributed by atoms with Gasteiger partial charge in [0.2, 0.25) is 0 Å². The van der Waals surface area contributed by atoms with Crippen LogP contribution in [0.4, 0.5) is 0 Å². The van der Waals surface area contributed by atoms with Gasteiger partial charge < -0.3 is 9.84 Å². The first-order chi connectivity index (χ1) is 13.4. The summed E-state index contributed by atoms with van der Waals surface area (Å²) in [7, 11) is 0. The fraction of sp³-hybridized carbons (Fsp3) is 0.435. The summed E-state index contributed by atoms with van der Waals surface area (Å²) in [6.45, 7) is 12.6. The van der Waals surface area contributed by atoms with Crippen LogP contribution in [-0.4, -0.2) is 11.1 Å². The van der Waals surface area contributed by atoms with E-state index in [1.807, 2.05) is 24.3 Å². The molecule has 0 radical (unpaired) electrons. The van der Waals surface area contributed by atoms with Crippen LogP contribution in [0.2, 0.25) is 0 Å². The summed E-state index contributed by atoms with van der Waals surface area (Å²) < 4.78 is 8.64. The normalized spacial score (nSPS) is 12.2. The lowest BCUT2D eigenvalue weighted by atomic mass is 9.75. The molecule has 2 aromatic carbocycles. The molecular formula is C23H27I3O3. The molecule has 0 aliphatic carbocycles. The van der Waals surface area contributed by atoms with Gasteiger partial charge in [-0.15, -0.1) is 0 Å². The summed E-state index contributed by atoms with van der Waals surface area (Å²) in [5, 5.41) is 11.1. The molecule has 3 nitrogen and oxygen atoms in total. The lowest BCUT2D eigenvalue weighted by molar-refractivity contribution is 0.0731. The second-order valence-electron chi connectivity index (χ2n) is 8.45. The lowest BCUT2D eigenvalue weighted by Crippen LogP contribution is -2.22. The predicted octanol–water partition coefficient (Wildman–Crippen LogP) is 7.80. The van der Waals surface area contributed by atoms with E-state index in [4.69, 9.17) is 4.74 Å². The van der Waals surface area contributed by atoms with Gasteiger partial charge in [-0.25, -0.2) is 4.79 Å². The fourth-order valence-electron chi connectivity index (χ4n) is 2.95. The number of aromatic hydroxyl groups is 1. The lowest BCUT2D eigenvalue weighted by Gasteiger charge is -2.31. The van der Waals surface area contributed by atoms with E-state index in [0.29, 0.717) is 17.1 Å². The Kier molecular flexibility index (Phi) is 8.31. The maximum atomic E-state index is 13.1. The predicted molar refractivity (Wildman–Crippen MR) is 144 cm³/mol. The van der Waals surface area contributed by atoms with Crippen molar-refractivity contribution in [2.45, 2.75) is 65.2 Å². The number of benzene rings is 2. The molecule has 0 spiro atoms. The topological polar surface area (TPSA) is 46.5 Å². The number of carbonyl (C=O) groups is 1. The number of phenolic OH excluding ortho intramolecular Hbond substituents is 1. The fourth-order valence-corrected chi connectivity index (χ4v) is 5.28. The highest BCUT2D eigenvalue weighted by Gasteiger charge is 2.31. The van der Waals surface area contributed by atoms with E-state index < -0.39 is 0 Å². The molecule has 0 heterocycles. The van der Waals surface area contributed by atoms with Gasteiger partial charge in [-0.2, -0.15) is 0 Å². The van der Waals surface area contributed by atoms with Crippen molar-refractivity contribution in [2.24, 2.45) is 0 Å². The summed E-state index contributed by atoms with van der Waals surface area (Å²) in [5.41, 5.74) is 1.73. The first kappa shape index (κ1) is 25.2. The van der Waals surface area contributed by atoms with Gasteiger partial charge in [-0.05, 0) is 116 Å². The van der Waals surface area contributed by atoms with Gasteiger partial charge in [0, 0.05) is 21.8 Å². The van der Waals surface area contributed by atoms with Crippen LogP contribution in [0.3, 0.4) is 0 Å². The van der Waals surface area contributed by atoms with Crippen molar-refractivity contribution >= 4 is 73.7 Å². The van der Waals surface area contributed by atoms with Gasteiger partial charge in [-0.1, -0.05) is 41.5 Å². The quantitative estimate of drug-likeness (QED) is 0.143. The number of carbonyl (C=O) groups excluding carboxylic acids is 1. The molecule has 2 aromatic rings. The molecular weight excluding hydrogens is 705 g/mol. The molecule has 0 amide bonds. The van der Waals surface area contributed by atoms with Gasteiger partial charge >= 0.3 is 5.97 Å². The van der Waals surface area contributed by atoms with E-state index in [0.717, 1.165) is 34.7 Å². The van der Waals surface area contributed by atoms with Gasteiger partial charge in [-0.3, -0.25) is 0 Å². The molecule has 0 unspecified atom stereocenters. The molecule has 0 bridgehead atoms. The van der Waals surface area contributed by atoms with Crippen molar-refractivity contribution in [3.63, 3.8) is 0 Å². The Morgan fingerprint density at radius 3 is 1.83 bits per heavy atom. The van der Waals surface area contributed by atoms with Crippen molar-refractivity contribution in [1.82, 2.24) is 0 Å². The molecule has 29 heavy (non-hydrogen) atoms. The summed E-state index contributed by atoms with van der Waals surface area (Å²) in [6, 6.07) is 7.56. The molecule has 158 valence electrons. The molecule has 1 N–H and O–H groups in total. The maximum absolute atomic E-state index is 13.1. The standard InChI is InChI=1S/C23H27I3O3/c1-7-22(3,4)14-11-13(12-15(20(14)27)23(5,6)8-2)29-21(28)18-16(24)9-10-17(25)19(18)26/h9-12,27H,7-8H2,1-6H3. The number of esters is 1. The highest BCUT2D eigenvalue weighted by Crippen LogP contribution is 2.44. The molecule has 2 rings (SSSR count). The Bertz CT molecular complexity index is 896. The van der Waals surface area contributed by atoms with E-state index in [2.05, 4.69) is 109 Å². The van der Waals surface area contributed by atoms with Crippen LogP contribution < -0.4 is 4.74 Å². The Hall–Kier alpha value is -0.100. The molecule has 0 aliphatic heterocycles. The third kappa shape index (κ3) is 5.39. The second kappa shape index (κ2) is 9.58. The number of hydrogen-bond donors (Lipinski definition) is 1. The highest BCUT2D eigenvalue weighted by atomic mass is 127. The van der Waals surface area contributed by atoms with Crippen molar-refractivity contribution in [3.05, 3.63) is 51.7 Å². The molecule has 0 aliphatic rings. The Morgan fingerprint density at radius 1 is 0.931 bits per heavy atom. The summed E-state index contributed by atoms with van der Waals surface area (Å²) >= 11 is 6.59. The van der Waals surface area contributed by atoms with E-state index in [1.165, 1.54) is 0 Å². The maximum Gasteiger partial charge on any atom is 0.345 e.